The fraction of sp³-hybridized carbons (Fsp3) is 0.333. The van der Waals surface area contributed by atoms with E-state index in [1.54, 1.807) is 0 Å². The summed E-state index contributed by atoms with van der Waals surface area (Å²) in [6, 6.07) is 17.4. The second-order valence-corrected chi connectivity index (χ2v) is 10.1. The van der Waals surface area contributed by atoms with Gasteiger partial charge in [0.15, 0.2) is 0 Å². The van der Waals surface area contributed by atoms with Gasteiger partial charge in [-0.25, -0.2) is 0 Å². The molecular weight excluding hydrogens is 416 g/mol. The number of fused-ring (bicyclic) bond motifs is 1. The molecule has 0 bridgehead atoms. The van der Waals surface area contributed by atoms with Crippen molar-refractivity contribution in [1.29, 1.82) is 10.5 Å². The highest BCUT2D eigenvalue weighted by molar-refractivity contribution is 5.93. The third-order valence-electron chi connectivity index (χ3n) is 7.60. The average molecular weight is 447 g/mol. The van der Waals surface area contributed by atoms with E-state index in [4.69, 9.17) is 0 Å². The number of likely N-dealkylation sites (N-methyl/N-ethyl adjacent to an activating group) is 1. The molecule has 5 rings (SSSR count). The standard InChI is InChI=1S/C30H30N4/c1-5-33-24(17-26(23(18-31)19-32)25-8-6-7-9-28(25)33)11-10-21-15-22-14-20(2)34-13-12-30(3,4)27(16-21)29(22)34/h6-11,15-17,20H,5,12-14H2,1-4H3/b11-10+. The fourth-order valence-electron chi connectivity index (χ4n) is 5.75. The quantitative estimate of drug-likeness (QED) is 0.515. The normalized spacial score (nSPS) is 19.9. The molecule has 3 aliphatic rings. The topological polar surface area (TPSA) is 54.1 Å². The second kappa shape index (κ2) is 8.23. The molecule has 2 aromatic carbocycles. The number of para-hydroxylation sites is 1. The van der Waals surface area contributed by atoms with Gasteiger partial charge < -0.3 is 9.80 Å². The average Bonchev–Trinajstić information content (AvgIpc) is 3.16. The molecule has 0 fully saturated rings. The van der Waals surface area contributed by atoms with E-state index in [-0.39, 0.29) is 11.0 Å². The summed E-state index contributed by atoms with van der Waals surface area (Å²) in [4.78, 5) is 4.83. The van der Waals surface area contributed by atoms with Crippen LogP contribution >= 0.6 is 0 Å². The van der Waals surface area contributed by atoms with E-state index >= 15 is 0 Å². The number of hydrogen-bond acceptors (Lipinski definition) is 4. The maximum absolute atomic E-state index is 9.57. The van der Waals surface area contributed by atoms with E-state index in [2.05, 4.69) is 80.0 Å². The van der Waals surface area contributed by atoms with Gasteiger partial charge in [-0.1, -0.05) is 38.1 Å². The largest absolute Gasteiger partial charge is 0.368 e. The third kappa shape index (κ3) is 3.42. The van der Waals surface area contributed by atoms with Gasteiger partial charge in [0.2, 0.25) is 0 Å². The Bertz CT molecular complexity index is 1330. The van der Waals surface area contributed by atoms with Crippen molar-refractivity contribution >= 4 is 23.0 Å². The highest BCUT2D eigenvalue weighted by Crippen LogP contribution is 2.47. The Morgan fingerprint density at radius 2 is 1.91 bits per heavy atom. The number of nitrogens with zero attached hydrogens (tertiary/aromatic N) is 4. The molecule has 3 heterocycles. The lowest BCUT2D eigenvalue weighted by molar-refractivity contribution is 0.447. The lowest BCUT2D eigenvalue weighted by Gasteiger charge is -2.40. The van der Waals surface area contributed by atoms with Crippen LogP contribution in [0.15, 0.2) is 59.8 Å². The van der Waals surface area contributed by atoms with Crippen LogP contribution in [0.5, 0.6) is 0 Å². The first-order valence-corrected chi connectivity index (χ1v) is 12.1. The maximum Gasteiger partial charge on any atom is 0.137 e. The molecule has 170 valence electrons. The van der Waals surface area contributed by atoms with Gasteiger partial charge in [-0.15, -0.1) is 0 Å². The van der Waals surface area contributed by atoms with Gasteiger partial charge in [0.25, 0.3) is 0 Å². The van der Waals surface area contributed by atoms with Crippen molar-refractivity contribution in [3.8, 4) is 12.1 Å². The zero-order valence-corrected chi connectivity index (χ0v) is 20.4. The molecule has 34 heavy (non-hydrogen) atoms. The number of hydrogen-bond donors (Lipinski definition) is 0. The maximum atomic E-state index is 9.57. The zero-order chi connectivity index (χ0) is 24.0. The van der Waals surface area contributed by atoms with Crippen LogP contribution in [0.1, 0.15) is 56.4 Å². The Hall–Kier alpha value is -3.76. The lowest BCUT2D eigenvalue weighted by Crippen LogP contribution is -2.39. The van der Waals surface area contributed by atoms with Gasteiger partial charge in [0.1, 0.15) is 17.7 Å². The first-order chi connectivity index (χ1) is 16.4. The number of rotatable bonds is 3. The molecular formula is C30H30N4. The Morgan fingerprint density at radius 3 is 2.65 bits per heavy atom. The number of nitriles is 2. The van der Waals surface area contributed by atoms with Gasteiger partial charge in [-0.2, -0.15) is 10.5 Å². The molecule has 0 amide bonds. The molecule has 0 aromatic heterocycles. The van der Waals surface area contributed by atoms with E-state index in [0.717, 1.165) is 36.5 Å². The number of anilines is 2. The van der Waals surface area contributed by atoms with E-state index < -0.39 is 0 Å². The summed E-state index contributed by atoms with van der Waals surface area (Å²) in [6.45, 7) is 11.1. The van der Waals surface area contributed by atoms with Crippen LogP contribution in [0.4, 0.5) is 11.4 Å². The minimum atomic E-state index is 0.145. The van der Waals surface area contributed by atoms with Crippen LogP contribution in [0.25, 0.3) is 11.6 Å². The van der Waals surface area contributed by atoms with Crippen molar-refractivity contribution in [3.05, 3.63) is 82.1 Å². The summed E-state index contributed by atoms with van der Waals surface area (Å²) in [5.74, 6) is 0. The molecule has 0 radical (unpaired) electrons. The summed E-state index contributed by atoms with van der Waals surface area (Å²) in [5, 5.41) is 19.1. The smallest absolute Gasteiger partial charge is 0.137 e. The Kier molecular flexibility index (Phi) is 5.34. The molecule has 0 N–H and O–H groups in total. The monoisotopic (exact) mass is 446 g/mol. The SMILES string of the molecule is CCN1C(/C=C/c2cc3c4c(c2)C(C)(C)CCN4C(C)C3)=CC(=C(C#N)C#N)c2ccccc21. The van der Waals surface area contributed by atoms with E-state index in [0.29, 0.717) is 11.6 Å². The van der Waals surface area contributed by atoms with Gasteiger partial charge >= 0.3 is 0 Å². The predicted octanol–water partition coefficient (Wildman–Crippen LogP) is 6.36. The summed E-state index contributed by atoms with van der Waals surface area (Å²) in [7, 11) is 0. The summed E-state index contributed by atoms with van der Waals surface area (Å²) >= 11 is 0. The van der Waals surface area contributed by atoms with Gasteiger partial charge in [-0.05, 0) is 79.1 Å². The summed E-state index contributed by atoms with van der Waals surface area (Å²) in [6.07, 6.45) is 8.56. The third-order valence-corrected chi connectivity index (χ3v) is 7.60. The van der Waals surface area contributed by atoms with Crippen molar-refractivity contribution in [1.82, 2.24) is 0 Å². The Labute approximate surface area is 202 Å². The molecule has 2 aromatic rings. The van der Waals surface area contributed by atoms with Crippen molar-refractivity contribution < 1.29 is 0 Å². The van der Waals surface area contributed by atoms with Crippen LogP contribution in [-0.2, 0) is 11.8 Å². The van der Waals surface area contributed by atoms with Gasteiger partial charge in [-0.3, -0.25) is 0 Å². The first kappa shape index (κ1) is 22.1. The van der Waals surface area contributed by atoms with E-state index in [1.165, 1.54) is 28.8 Å². The van der Waals surface area contributed by atoms with Crippen LogP contribution in [0.2, 0.25) is 0 Å². The molecule has 0 spiro atoms. The number of benzene rings is 2. The zero-order valence-electron chi connectivity index (χ0n) is 20.4. The van der Waals surface area contributed by atoms with Gasteiger partial charge in [0, 0.05) is 47.3 Å². The van der Waals surface area contributed by atoms with Gasteiger partial charge in [0.05, 0.1) is 0 Å². The first-order valence-electron chi connectivity index (χ1n) is 12.1. The molecule has 1 atom stereocenters. The van der Waals surface area contributed by atoms with Crippen molar-refractivity contribution in [2.24, 2.45) is 0 Å². The lowest BCUT2D eigenvalue weighted by atomic mass is 9.76. The van der Waals surface area contributed by atoms with Crippen LogP contribution in [0, 0.1) is 22.7 Å². The Morgan fingerprint density at radius 1 is 1.15 bits per heavy atom. The molecule has 0 saturated heterocycles. The number of allylic oxidation sites excluding steroid dienone is 4. The predicted molar refractivity (Wildman–Crippen MR) is 139 cm³/mol. The van der Waals surface area contributed by atoms with Crippen LogP contribution in [0.3, 0.4) is 0 Å². The minimum Gasteiger partial charge on any atom is -0.368 e. The second-order valence-electron chi connectivity index (χ2n) is 10.1. The fourth-order valence-corrected chi connectivity index (χ4v) is 5.75. The van der Waals surface area contributed by atoms with Crippen LogP contribution in [-0.4, -0.2) is 19.1 Å². The van der Waals surface area contributed by atoms with E-state index in [9.17, 15) is 10.5 Å². The van der Waals surface area contributed by atoms with Crippen molar-refractivity contribution in [3.63, 3.8) is 0 Å². The molecule has 1 unspecified atom stereocenters. The molecule has 4 nitrogen and oxygen atoms in total. The minimum absolute atomic E-state index is 0.145. The Balaban J connectivity index is 1.60. The van der Waals surface area contributed by atoms with Crippen LogP contribution < -0.4 is 9.80 Å². The van der Waals surface area contributed by atoms with Crippen molar-refractivity contribution in [2.45, 2.75) is 52.0 Å². The highest BCUT2D eigenvalue weighted by Gasteiger charge is 2.38. The molecule has 0 aliphatic carbocycles. The highest BCUT2D eigenvalue weighted by atomic mass is 15.2. The molecule has 0 saturated carbocycles. The summed E-state index contributed by atoms with van der Waals surface area (Å²) in [5.41, 5.74) is 9.51. The van der Waals surface area contributed by atoms with E-state index in [1.807, 2.05) is 24.3 Å². The van der Waals surface area contributed by atoms with Crippen molar-refractivity contribution in [2.75, 3.05) is 22.9 Å². The molecule has 3 aliphatic heterocycles. The summed E-state index contributed by atoms with van der Waals surface area (Å²) < 4.78 is 0. The molecule has 4 heteroatoms.